The SMILES string of the molecule is CC(C)c1ccc2c3c4c5ccc(-c6cccc7c6oc6ccccc67)cc5n5c6cc(C(C)C)ccc6c(c6c7ccc(-c8cccc9c8oc8ccccc89)cc7n(c2c1)c63)c45. The van der Waals surface area contributed by atoms with Gasteiger partial charge >= 0.3 is 0 Å². The highest BCUT2D eigenvalue weighted by Gasteiger charge is 2.30. The van der Waals surface area contributed by atoms with Gasteiger partial charge in [-0.2, -0.15) is 0 Å². The van der Waals surface area contributed by atoms with Crippen LogP contribution < -0.4 is 0 Å². The molecule has 15 rings (SSSR count). The number of rotatable bonds is 4. The highest BCUT2D eigenvalue weighted by Crippen LogP contribution is 2.53. The molecule has 0 saturated heterocycles. The molecule has 0 fully saturated rings. The lowest BCUT2D eigenvalue weighted by Gasteiger charge is -2.08. The Morgan fingerprint density at radius 3 is 1.14 bits per heavy atom. The molecule has 0 radical (unpaired) electrons. The van der Waals surface area contributed by atoms with Crippen molar-refractivity contribution in [2.45, 2.75) is 39.5 Å². The highest BCUT2D eigenvalue weighted by molar-refractivity contribution is 6.45. The molecule has 4 nitrogen and oxygen atoms in total. The fraction of sp³-hybridized carbons (Fsp3) is 0.100. The summed E-state index contributed by atoms with van der Waals surface area (Å²) in [6.07, 6.45) is 0. The summed E-state index contributed by atoms with van der Waals surface area (Å²) in [7, 11) is 0. The van der Waals surface area contributed by atoms with Gasteiger partial charge in [-0.1, -0.05) is 149 Å². The van der Waals surface area contributed by atoms with Gasteiger partial charge in [-0.15, -0.1) is 0 Å². The summed E-state index contributed by atoms with van der Waals surface area (Å²) >= 11 is 0. The van der Waals surface area contributed by atoms with E-state index in [1.807, 2.05) is 0 Å². The Morgan fingerprint density at radius 1 is 0.344 bits per heavy atom. The molecule has 6 heterocycles. The zero-order valence-corrected chi connectivity index (χ0v) is 35.9. The van der Waals surface area contributed by atoms with Crippen molar-refractivity contribution in [2.75, 3.05) is 0 Å². The van der Waals surface area contributed by atoms with E-state index in [2.05, 4.69) is 194 Å². The fourth-order valence-corrected chi connectivity index (χ4v) is 11.7. The van der Waals surface area contributed by atoms with Crippen LogP contribution in [0.2, 0.25) is 0 Å². The summed E-state index contributed by atoms with van der Waals surface area (Å²) < 4.78 is 18.4. The van der Waals surface area contributed by atoms with E-state index in [1.165, 1.54) is 87.3 Å². The van der Waals surface area contributed by atoms with E-state index in [1.54, 1.807) is 0 Å². The number of para-hydroxylation sites is 4. The van der Waals surface area contributed by atoms with Gasteiger partial charge < -0.3 is 17.6 Å². The van der Waals surface area contributed by atoms with Crippen molar-refractivity contribution < 1.29 is 8.83 Å². The van der Waals surface area contributed by atoms with Crippen LogP contribution in [-0.4, -0.2) is 8.80 Å². The van der Waals surface area contributed by atoms with Gasteiger partial charge in [0.15, 0.2) is 0 Å². The molecule has 0 aliphatic heterocycles. The van der Waals surface area contributed by atoms with E-state index in [9.17, 15) is 0 Å². The van der Waals surface area contributed by atoms with Crippen molar-refractivity contribution in [1.29, 1.82) is 0 Å². The third-order valence-corrected chi connectivity index (χ3v) is 14.7. The smallest absolute Gasteiger partial charge is 0.143 e. The largest absolute Gasteiger partial charge is 0.455 e. The predicted molar refractivity (Wildman–Crippen MR) is 269 cm³/mol. The lowest BCUT2D eigenvalue weighted by atomic mass is 9.94. The lowest BCUT2D eigenvalue weighted by Crippen LogP contribution is -1.88. The van der Waals surface area contributed by atoms with Crippen LogP contribution in [0.4, 0.5) is 0 Å². The van der Waals surface area contributed by atoms with Crippen molar-refractivity contribution in [2.24, 2.45) is 0 Å². The summed E-state index contributed by atoms with van der Waals surface area (Å²) in [5.74, 6) is 0.779. The van der Waals surface area contributed by atoms with Gasteiger partial charge in [0, 0.05) is 75.8 Å². The minimum Gasteiger partial charge on any atom is -0.455 e. The molecule has 0 spiro atoms. The van der Waals surface area contributed by atoms with E-state index < -0.39 is 0 Å². The molecule has 302 valence electrons. The second kappa shape index (κ2) is 12.0. The van der Waals surface area contributed by atoms with Gasteiger partial charge in [0.05, 0.1) is 33.1 Å². The first kappa shape index (κ1) is 34.7. The molecule has 0 atom stereocenters. The second-order valence-electron chi connectivity index (χ2n) is 18.8. The maximum Gasteiger partial charge on any atom is 0.143 e. The Labute approximate surface area is 366 Å². The van der Waals surface area contributed by atoms with Gasteiger partial charge in [0.2, 0.25) is 0 Å². The Hall–Kier alpha value is -7.82. The first-order valence-corrected chi connectivity index (χ1v) is 22.6. The molecule has 6 aromatic heterocycles. The number of nitrogens with zero attached hydrogens (tertiary/aromatic N) is 2. The van der Waals surface area contributed by atoms with Gasteiger partial charge in [-0.3, -0.25) is 0 Å². The minimum absolute atomic E-state index is 0.389. The quantitative estimate of drug-likeness (QED) is 0.177. The average Bonchev–Trinajstić information content (AvgIpc) is 4.17. The van der Waals surface area contributed by atoms with Crippen molar-refractivity contribution in [1.82, 2.24) is 8.80 Å². The maximum atomic E-state index is 6.62. The third kappa shape index (κ3) is 4.24. The monoisotopic (exact) mass is 820 g/mol. The van der Waals surface area contributed by atoms with Crippen molar-refractivity contribution in [3.8, 4) is 22.3 Å². The summed E-state index contributed by atoms with van der Waals surface area (Å²) in [5.41, 5.74) is 18.4. The molecule has 0 aliphatic rings. The van der Waals surface area contributed by atoms with Crippen molar-refractivity contribution in [3.05, 3.63) is 169 Å². The number of benzene rings is 9. The van der Waals surface area contributed by atoms with Gasteiger partial charge in [-0.25, -0.2) is 0 Å². The maximum absolute atomic E-state index is 6.62. The molecular weight excluding hydrogens is 781 g/mol. The van der Waals surface area contributed by atoms with Crippen LogP contribution in [-0.2, 0) is 0 Å². The van der Waals surface area contributed by atoms with E-state index in [4.69, 9.17) is 8.83 Å². The van der Waals surface area contributed by atoms with E-state index in [0.29, 0.717) is 11.8 Å². The Morgan fingerprint density at radius 2 is 0.719 bits per heavy atom. The molecule has 64 heavy (non-hydrogen) atoms. The van der Waals surface area contributed by atoms with Crippen molar-refractivity contribution in [3.63, 3.8) is 0 Å². The Kier molecular flexibility index (Phi) is 6.51. The van der Waals surface area contributed by atoms with Crippen LogP contribution in [0.3, 0.4) is 0 Å². The zero-order chi connectivity index (χ0) is 42.3. The molecule has 0 bridgehead atoms. The Balaban J connectivity index is 1.11. The van der Waals surface area contributed by atoms with Crippen LogP contribution in [0.25, 0.3) is 142 Å². The van der Waals surface area contributed by atoms with Gasteiger partial charge in [-0.05, 0) is 70.5 Å². The number of fused-ring (bicyclic) bond motifs is 20. The van der Waals surface area contributed by atoms with E-state index in [0.717, 1.165) is 66.1 Å². The van der Waals surface area contributed by atoms with Crippen LogP contribution in [0.1, 0.15) is 50.7 Å². The van der Waals surface area contributed by atoms with E-state index in [-0.39, 0.29) is 0 Å². The molecule has 0 unspecified atom stereocenters. The molecule has 0 N–H and O–H groups in total. The third-order valence-electron chi connectivity index (χ3n) is 14.7. The minimum atomic E-state index is 0.389. The lowest BCUT2D eigenvalue weighted by molar-refractivity contribution is 0.669. The number of aromatic nitrogens is 2. The standard InChI is InChI=1S/C60H40N2O2/c1-31(2)33-19-23-43-47(27-33)61-49-29-35(37-13-9-15-41-39-11-5-7-17-51(39)63-59(37)41)21-25-45(49)56-54-44-24-20-34(32(3)4)28-48(44)62-50-30-36(22-26-46(50)55(58(54)62)53(43)57(56)61)38-14-10-16-42-40-12-6-8-18-52(40)64-60(38)42/h5-32H,1-4H3. The number of furan rings is 2. The average molecular weight is 821 g/mol. The number of hydrogen-bond donors (Lipinski definition) is 0. The molecule has 0 saturated carbocycles. The topological polar surface area (TPSA) is 35.1 Å². The molecule has 0 aliphatic carbocycles. The predicted octanol–water partition coefficient (Wildman–Crippen LogP) is 17.4. The van der Waals surface area contributed by atoms with Gasteiger partial charge in [0.25, 0.3) is 0 Å². The Bertz CT molecular complexity index is 4200. The molecule has 4 heteroatoms. The van der Waals surface area contributed by atoms with E-state index >= 15 is 0 Å². The fourth-order valence-electron chi connectivity index (χ4n) is 11.7. The normalized spacial score (nSPS) is 13.0. The number of hydrogen-bond acceptors (Lipinski definition) is 2. The van der Waals surface area contributed by atoms with Crippen LogP contribution in [0.15, 0.2) is 167 Å². The summed E-state index contributed by atoms with van der Waals surface area (Å²) in [5, 5.41) is 15.0. The van der Waals surface area contributed by atoms with Crippen LogP contribution >= 0.6 is 0 Å². The molecule has 0 amide bonds. The first-order chi connectivity index (χ1) is 31.4. The molecule has 15 aromatic rings. The summed E-state index contributed by atoms with van der Waals surface area (Å²) in [6, 6.07) is 58.5. The van der Waals surface area contributed by atoms with Crippen LogP contribution in [0, 0.1) is 0 Å². The molecule has 9 aromatic carbocycles. The zero-order valence-electron chi connectivity index (χ0n) is 35.9. The summed E-state index contributed by atoms with van der Waals surface area (Å²) in [4.78, 5) is 0. The summed E-state index contributed by atoms with van der Waals surface area (Å²) in [6.45, 7) is 9.20. The first-order valence-electron chi connectivity index (χ1n) is 22.6. The van der Waals surface area contributed by atoms with Crippen LogP contribution in [0.5, 0.6) is 0 Å². The highest BCUT2D eigenvalue weighted by atomic mass is 16.3. The van der Waals surface area contributed by atoms with Gasteiger partial charge in [0.1, 0.15) is 22.3 Å². The van der Waals surface area contributed by atoms with Crippen molar-refractivity contribution >= 4 is 120 Å². The molecular formula is C60H40N2O2. The second-order valence-corrected chi connectivity index (χ2v) is 18.8.